The van der Waals surface area contributed by atoms with Gasteiger partial charge < -0.3 is 50.2 Å². The Morgan fingerprint density at radius 1 is 1.03 bits per heavy atom. The van der Waals surface area contributed by atoms with Gasteiger partial charge in [-0.15, -0.1) is 0 Å². The van der Waals surface area contributed by atoms with Gasteiger partial charge in [0.05, 0.1) is 17.4 Å². The van der Waals surface area contributed by atoms with Gasteiger partial charge in [0.25, 0.3) is 0 Å². The molecule has 6 aliphatic heterocycles. The van der Waals surface area contributed by atoms with Crippen LogP contribution < -0.4 is 20.4 Å². The lowest BCUT2D eigenvalue weighted by molar-refractivity contribution is -0.793. The molecule has 16 nitrogen and oxygen atoms in total. The number of aliphatic hydroxyl groups is 5. The first kappa shape index (κ1) is 47.9. The first-order valence-electron chi connectivity index (χ1n) is 25.4. The van der Waals surface area contributed by atoms with Crippen molar-refractivity contribution < 1.29 is 64.4 Å². The van der Waals surface area contributed by atoms with E-state index in [1.54, 1.807) is 13.0 Å². The molecule has 0 radical (unpaired) electrons. The number of carbonyl (C=O) groups excluding carboxylic acids is 1. The number of quaternary nitrogens is 1. The highest BCUT2D eigenvalue weighted by atomic mass is 17.2. The van der Waals surface area contributed by atoms with Crippen LogP contribution in [0.5, 0.6) is 17.2 Å². The number of phenolic OH excluding ortho intramolecular Hbond substituents is 2. The number of benzene rings is 3. The minimum atomic E-state index is -2.42. The highest BCUT2D eigenvalue weighted by Gasteiger charge is 2.59. The predicted octanol–water partition coefficient (Wildman–Crippen LogP) is 4.31. The van der Waals surface area contributed by atoms with Crippen LogP contribution >= 0.6 is 0 Å². The lowest BCUT2D eigenvalue weighted by atomic mass is 9.58. The summed E-state index contributed by atoms with van der Waals surface area (Å²) in [5, 5.41) is 81.1. The van der Waals surface area contributed by atoms with Crippen molar-refractivity contribution in [1.82, 2.24) is 5.32 Å². The third-order valence-corrected chi connectivity index (χ3v) is 17.1. The van der Waals surface area contributed by atoms with Gasteiger partial charge in [-0.25, -0.2) is 14.8 Å². The Hall–Kier alpha value is -5.43. The predicted molar refractivity (Wildman–Crippen MR) is 261 cm³/mol. The molecule has 1 aromatic heterocycles. The topological polar surface area (TPSA) is 245 Å². The lowest BCUT2D eigenvalue weighted by Crippen LogP contribution is -3.05. The highest BCUT2D eigenvalue weighted by Crippen LogP contribution is 2.56. The zero-order chi connectivity index (χ0) is 49.6. The van der Waals surface area contributed by atoms with Crippen LogP contribution in [0.3, 0.4) is 0 Å². The summed E-state index contributed by atoms with van der Waals surface area (Å²) < 4.78 is 14.1. The Morgan fingerprint density at radius 3 is 2.68 bits per heavy atom. The average molecular weight is 975 g/mol. The van der Waals surface area contributed by atoms with Gasteiger partial charge >= 0.3 is 0 Å². The first-order chi connectivity index (χ1) is 34.1. The molecule has 7 heterocycles. The number of aliphatic imine (C=N–C) groups is 1. The summed E-state index contributed by atoms with van der Waals surface area (Å²) >= 11 is 0. The molecule has 1 saturated carbocycles. The van der Waals surface area contributed by atoms with E-state index in [-0.39, 0.29) is 47.1 Å². The van der Waals surface area contributed by atoms with Gasteiger partial charge in [0.1, 0.15) is 77.4 Å². The number of hydrogen-bond acceptors (Lipinski definition) is 14. The number of carbonyl (C=O) groups is 1. The number of hydrogen-bond donors (Lipinski definition) is 9. The molecule has 2 unspecified atom stereocenters. The van der Waals surface area contributed by atoms with E-state index in [4.69, 9.17) is 23.9 Å². The van der Waals surface area contributed by atoms with Gasteiger partial charge in [-0.2, -0.15) is 0 Å². The van der Waals surface area contributed by atoms with Gasteiger partial charge in [0.15, 0.2) is 11.2 Å². The van der Waals surface area contributed by atoms with Crippen LogP contribution in [0.1, 0.15) is 88.0 Å². The van der Waals surface area contributed by atoms with Crippen LogP contribution in [0.25, 0.3) is 21.7 Å². The molecule has 2 fully saturated rings. The van der Waals surface area contributed by atoms with Crippen molar-refractivity contribution in [3.8, 4) is 17.2 Å². The van der Waals surface area contributed by atoms with Crippen molar-refractivity contribution in [3.63, 3.8) is 0 Å². The van der Waals surface area contributed by atoms with Crippen molar-refractivity contribution >= 4 is 39.0 Å². The minimum absolute atomic E-state index is 0.0478. The number of aromatic hydroxyl groups is 2. The van der Waals surface area contributed by atoms with Crippen molar-refractivity contribution in [2.45, 2.75) is 133 Å². The molecule has 8 aliphatic rings. The summed E-state index contributed by atoms with van der Waals surface area (Å²) in [7, 11) is 0. The monoisotopic (exact) mass is 974 g/mol. The van der Waals surface area contributed by atoms with E-state index in [9.17, 15) is 45.3 Å². The van der Waals surface area contributed by atoms with Gasteiger partial charge in [0, 0.05) is 60.5 Å². The Bertz CT molecular complexity index is 2980. The smallest absolute Gasteiger partial charge is 0.226 e. The van der Waals surface area contributed by atoms with Crippen molar-refractivity contribution in [2.24, 2.45) is 28.2 Å². The van der Waals surface area contributed by atoms with E-state index in [0.717, 1.165) is 73.2 Å². The summed E-state index contributed by atoms with van der Waals surface area (Å²) in [4.78, 5) is 47.0. The molecule has 16 heteroatoms. The van der Waals surface area contributed by atoms with Crippen LogP contribution in [0.4, 0.5) is 5.69 Å². The molecule has 2 aliphatic carbocycles. The third-order valence-electron chi connectivity index (χ3n) is 17.1. The van der Waals surface area contributed by atoms with Crippen LogP contribution in [0.15, 0.2) is 92.4 Å². The number of aryl methyl sites for hydroxylation is 1. The average Bonchev–Trinajstić information content (AvgIpc) is 4.00. The Morgan fingerprint density at radius 2 is 1.86 bits per heavy atom. The zero-order valence-corrected chi connectivity index (χ0v) is 40.1. The molecule has 2 spiro atoms. The fourth-order valence-corrected chi connectivity index (χ4v) is 13.5. The Balaban J connectivity index is 1.02. The molecule has 9 N–H and O–H groups in total. The van der Waals surface area contributed by atoms with Gasteiger partial charge in [0.2, 0.25) is 17.2 Å². The maximum absolute atomic E-state index is 14.2. The van der Waals surface area contributed by atoms with Gasteiger partial charge in [-0.1, -0.05) is 44.4 Å². The Labute approximate surface area is 410 Å². The van der Waals surface area contributed by atoms with E-state index in [1.165, 1.54) is 36.4 Å². The molecule has 71 heavy (non-hydrogen) atoms. The largest absolute Gasteiger partial charge is 0.508 e. The van der Waals surface area contributed by atoms with E-state index >= 15 is 0 Å². The molecular weight excluding hydrogens is 911 g/mol. The first-order valence-corrected chi connectivity index (χ1v) is 25.4. The number of aliphatic hydroxyl groups excluding tert-OH is 4. The number of rotatable bonds is 11. The van der Waals surface area contributed by atoms with Crippen LogP contribution in [-0.4, -0.2) is 109 Å². The number of phenols is 2. The van der Waals surface area contributed by atoms with Crippen LogP contribution in [0.2, 0.25) is 0 Å². The lowest BCUT2D eigenvalue weighted by Gasteiger charge is -2.49. The molecular formula is C55H64N3O13+. The number of ether oxygens (including phenoxy) is 1. The van der Waals surface area contributed by atoms with Crippen molar-refractivity contribution in [2.75, 3.05) is 19.8 Å². The molecule has 376 valence electrons. The van der Waals surface area contributed by atoms with E-state index in [2.05, 4.69) is 36.7 Å². The van der Waals surface area contributed by atoms with E-state index in [0.29, 0.717) is 75.4 Å². The standard InChI is InChI=1S/C55H63N3O13/c1-3-42-38-20-34-10-4-7-30-8-5-15-53(22-30)40(25-56-52(53)66)32-9-6-16-55(24-32)46(19-33-18-39-44(62)17-29(2)69-50(39)47(49(33)70-55)58(42)26-41(38)57-34)71-68-28-54(67,51(65)48(64)45(63)27-59)23-31-11-14-43(61)36-13-12-35(60)21-37(31)36/h6,9,11-14,17-18,20-21,26,30,32,40,42,45-46,48,51,59-61,63-65,67H,3-5,7-8,10,15-16,19,22-25,27-28H2,1-2H3,(H,56,66)/p+1/t30-,32-,40+,42?,45+,46+,48+,51-,53+,54-,55+/m0/s1. The third kappa shape index (κ3) is 8.11. The Kier molecular flexibility index (Phi) is 12.3. The molecule has 12 atom stereocenters. The number of nitrogens with zero attached hydrogens (tertiary/aromatic N) is 1. The molecule has 1 saturated heterocycles. The number of fused-ring (bicyclic) bond motifs is 4. The van der Waals surface area contributed by atoms with Crippen LogP contribution in [0, 0.1) is 30.1 Å². The minimum Gasteiger partial charge on any atom is -0.508 e. The summed E-state index contributed by atoms with van der Waals surface area (Å²) in [6, 6.07) is 10.4. The maximum atomic E-state index is 14.2. The van der Waals surface area contributed by atoms with Crippen molar-refractivity contribution in [1.29, 1.82) is 0 Å². The summed E-state index contributed by atoms with van der Waals surface area (Å²) in [5.74, 6) is 1.11. The van der Waals surface area contributed by atoms with E-state index in [1.807, 2.05) is 0 Å². The fourth-order valence-electron chi connectivity index (χ4n) is 13.5. The number of allylic oxidation sites excluding steroid dienone is 2. The molecule has 9 bridgehead atoms. The second-order valence-electron chi connectivity index (χ2n) is 21.5. The summed E-state index contributed by atoms with van der Waals surface area (Å²) in [6.45, 7) is 2.72. The molecule has 12 rings (SSSR count). The molecule has 1 amide bonds. The van der Waals surface area contributed by atoms with Crippen molar-refractivity contribution in [3.05, 3.63) is 105 Å². The van der Waals surface area contributed by atoms with Gasteiger partial charge in [-0.05, 0) is 104 Å². The fraction of sp³-hybridized carbons (Fsp3) is 0.509. The molecule has 3 aromatic carbocycles. The SMILES string of the molecule is CCC1C2=CC3=NC2=C[NH+]1c1c2c(cc4c(=O)cc(C)oc14)C[C@@H](OOC[C@@](O)(Cc1ccc(O)c4ccc(O)cc14)[C@@H](O)[C@H](O)[C@H](O)CO)[C@]1(CC=C[C@@H](C1)[C@H]1CNC(=O)[C@@]14CCC[C@H](CCC3)C4)O2. The number of nitrogens with one attached hydrogen (secondary N) is 2. The summed E-state index contributed by atoms with van der Waals surface area (Å²) in [6.07, 6.45) is 9.46. The number of amides is 1. The van der Waals surface area contributed by atoms with Gasteiger partial charge in [-0.3, -0.25) is 14.5 Å². The zero-order valence-electron chi connectivity index (χ0n) is 40.1. The van der Waals surface area contributed by atoms with E-state index < -0.39 is 60.7 Å². The maximum Gasteiger partial charge on any atom is 0.226 e. The highest BCUT2D eigenvalue weighted by molar-refractivity contribution is 6.00. The second kappa shape index (κ2) is 18.3. The quantitative estimate of drug-likeness (QED) is 0.0579. The molecule has 4 aromatic rings. The normalized spacial score (nSPS) is 30.9. The second-order valence-corrected chi connectivity index (χ2v) is 21.5. The summed E-state index contributed by atoms with van der Waals surface area (Å²) in [5.41, 5.74) is 0.829. The van der Waals surface area contributed by atoms with Crippen LogP contribution in [-0.2, 0) is 27.4 Å².